The van der Waals surface area contributed by atoms with Crippen molar-refractivity contribution in [3.05, 3.63) is 12.2 Å². The maximum atomic E-state index is 10.1. The normalized spacial score (nSPS) is 28.1. The van der Waals surface area contributed by atoms with Gasteiger partial charge in [0, 0.05) is 6.08 Å². The molecule has 38 valence electrons. The van der Waals surface area contributed by atoms with Gasteiger partial charge in [0.2, 0.25) is 5.91 Å². The number of hydrogen-bond acceptors (Lipinski definition) is 2. The standard InChI is InChI=1S/C4H5NO2/c6-3-1-2-4(7)5-3/h1-3,6H,(H,5,7). The van der Waals surface area contributed by atoms with Crippen LogP contribution in [0, 0.1) is 0 Å². The molecule has 0 fully saturated rings. The molecule has 1 atom stereocenters. The van der Waals surface area contributed by atoms with Crippen LogP contribution >= 0.6 is 0 Å². The van der Waals surface area contributed by atoms with Gasteiger partial charge in [-0.15, -0.1) is 0 Å². The molecular formula is C4H5NO2. The van der Waals surface area contributed by atoms with Gasteiger partial charge in [0.25, 0.3) is 0 Å². The molecule has 1 aliphatic heterocycles. The molecule has 0 aromatic carbocycles. The van der Waals surface area contributed by atoms with E-state index in [4.69, 9.17) is 5.11 Å². The molecule has 0 aromatic heterocycles. The van der Waals surface area contributed by atoms with E-state index in [0.717, 1.165) is 0 Å². The fourth-order valence-electron chi connectivity index (χ4n) is 0.421. The van der Waals surface area contributed by atoms with Gasteiger partial charge in [0.15, 0.2) is 0 Å². The van der Waals surface area contributed by atoms with E-state index >= 15 is 0 Å². The Morgan fingerprint density at radius 1 is 1.86 bits per heavy atom. The van der Waals surface area contributed by atoms with E-state index in [2.05, 4.69) is 5.32 Å². The summed E-state index contributed by atoms with van der Waals surface area (Å²) in [5.74, 6) is -0.229. The van der Waals surface area contributed by atoms with Gasteiger partial charge in [-0.1, -0.05) is 0 Å². The molecule has 3 heteroatoms. The molecule has 0 radical (unpaired) electrons. The maximum absolute atomic E-state index is 10.1. The highest BCUT2D eigenvalue weighted by atomic mass is 16.3. The van der Waals surface area contributed by atoms with Crippen molar-refractivity contribution in [1.29, 1.82) is 0 Å². The smallest absolute Gasteiger partial charge is 0.246 e. The molecule has 1 rings (SSSR count). The number of rotatable bonds is 0. The minimum Gasteiger partial charge on any atom is -0.370 e. The lowest BCUT2D eigenvalue weighted by atomic mass is 10.5. The highest BCUT2D eigenvalue weighted by Crippen LogP contribution is 1.88. The Kier molecular flexibility index (Phi) is 0.834. The summed E-state index contributed by atoms with van der Waals surface area (Å²) < 4.78 is 0. The predicted molar refractivity (Wildman–Crippen MR) is 23.3 cm³/mol. The van der Waals surface area contributed by atoms with Crippen LogP contribution in [0.4, 0.5) is 0 Å². The molecule has 3 nitrogen and oxygen atoms in total. The number of aliphatic hydroxyl groups excluding tert-OH is 1. The van der Waals surface area contributed by atoms with E-state index in [1.165, 1.54) is 12.2 Å². The minimum absolute atomic E-state index is 0.229. The molecule has 0 spiro atoms. The van der Waals surface area contributed by atoms with Crippen molar-refractivity contribution < 1.29 is 9.90 Å². The first-order valence-corrected chi connectivity index (χ1v) is 1.96. The second-order valence-corrected chi connectivity index (χ2v) is 1.31. The molecule has 1 aliphatic rings. The highest BCUT2D eigenvalue weighted by Gasteiger charge is 2.07. The molecule has 1 heterocycles. The van der Waals surface area contributed by atoms with E-state index in [9.17, 15) is 4.79 Å². The fraction of sp³-hybridized carbons (Fsp3) is 0.250. The summed E-state index contributed by atoms with van der Waals surface area (Å²) in [7, 11) is 0. The number of carbonyl (C=O) groups is 1. The SMILES string of the molecule is O=C1C=CC(O)N1. The van der Waals surface area contributed by atoms with Gasteiger partial charge in [-0.2, -0.15) is 0 Å². The largest absolute Gasteiger partial charge is 0.370 e. The van der Waals surface area contributed by atoms with Crippen molar-refractivity contribution in [3.63, 3.8) is 0 Å². The van der Waals surface area contributed by atoms with Crippen molar-refractivity contribution in [2.45, 2.75) is 6.23 Å². The third-order valence-corrected chi connectivity index (χ3v) is 0.720. The molecule has 0 aromatic rings. The van der Waals surface area contributed by atoms with Crippen LogP contribution in [0.1, 0.15) is 0 Å². The molecule has 0 saturated carbocycles. The number of carbonyl (C=O) groups excluding carboxylic acids is 1. The number of aliphatic hydroxyl groups is 1. The second kappa shape index (κ2) is 1.35. The lowest BCUT2D eigenvalue weighted by molar-refractivity contribution is -0.117. The van der Waals surface area contributed by atoms with E-state index in [1.54, 1.807) is 0 Å². The Morgan fingerprint density at radius 2 is 2.57 bits per heavy atom. The van der Waals surface area contributed by atoms with Crippen molar-refractivity contribution >= 4 is 5.91 Å². The van der Waals surface area contributed by atoms with Crippen LogP contribution in [0.5, 0.6) is 0 Å². The summed E-state index contributed by atoms with van der Waals surface area (Å²) in [5.41, 5.74) is 0. The second-order valence-electron chi connectivity index (χ2n) is 1.31. The summed E-state index contributed by atoms with van der Waals surface area (Å²) in [4.78, 5) is 10.1. The zero-order chi connectivity index (χ0) is 5.28. The average Bonchev–Trinajstić information content (AvgIpc) is 1.87. The Labute approximate surface area is 40.6 Å². The molecule has 0 bridgehead atoms. The van der Waals surface area contributed by atoms with Gasteiger partial charge < -0.3 is 10.4 Å². The average molecular weight is 99.1 g/mol. The lowest BCUT2D eigenvalue weighted by Crippen LogP contribution is -2.25. The topological polar surface area (TPSA) is 49.3 Å². The van der Waals surface area contributed by atoms with Gasteiger partial charge in [-0.05, 0) is 6.08 Å². The van der Waals surface area contributed by atoms with Gasteiger partial charge in [-0.25, -0.2) is 0 Å². The van der Waals surface area contributed by atoms with Crippen LogP contribution in [0.25, 0.3) is 0 Å². The Balaban J connectivity index is 2.58. The van der Waals surface area contributed by atoms with Gasteiger partial charge >= 0.3 is 0 Å². The van der Waals surface area contributed by atoms with Crippen molar-refractivity contribution in [2.75, 3.05) is 0 Å². The number of hydrogen-bond donors (Lipinski definition) is 2. The minimum atomic E-state index is -0.757. The van der Waals surface area contributed by atoms with Crippen LogP contribution in [-0.4, -0.2) is 17.2 Å². The Hall–Kier alpha value is -0.830. The zero-order valence-corrected chi connectivity index (χ0v) is 3.59. The molecule has 7 heavy (non-hydrogen) atoms. The first kappa shape index (κ1) is 4.33. The van der Waals surface area contributed by atoms with E-state index < -0.39 is 6.23 Å². The summed E-state index contributed by atoms with van der Waals surface area (Å²) in [6, 6.07) is 0. The van der Waals surface area contributed by atoms with Crippen LogP contribution in [0.3, 0.4) is 0 Å². The van der Waals surface area contributed by atoms with Gasteiger partial charge in [0.1, 0.15) is 6.23 Å². The van der Waals surface area contributed by atoms with E-state index in [1.807, 2.05) is 0 Å². The molecular weight excluding hydrogens is 94.0 g/mol. The monoisotopic (exact) mass is 99.0 g/mol. The fourth-order valence-corrected chi connectivity index (χ4v) is 0.421. The summed E-state index contributed by atoms with van der Waals surface area (Å²) in [6.45, 7) is 0. The predicted octanol–water partition coefficient (Wildman–Crippen LogP) is -1.01. The van der Waals surface area contributed by atoms with E-state index in [0.29, 0.717) is 0 Å². The number of amides is 1. The van der Waals surface area contributed by atoms with Crippen LogP contribution in [-0.2, 0) is 4.79 Å². The molecule has 0 aliphatic carbocycles. The summed E-state index contributed by atoms with van der Waals surface area (Å²) in [5, 5.41) is 10.7. The van der Waals surface area contributed by atoms with Crippen LogP contribution in [0.15, 0.2) is 12.2 Å². The quantitative estimate of drug-likeness (QED) is 0.409. The highest BCUT2D eigenvalue weighted by molar-refractivity contribution is 5.90. The summed E-state index contributed by atoms with van der Waals surface area (Å²) >= 11 is 0. The number of nitrogens with one attached hydrogen (secondary N) is 1. The van der Waals surface area contributed by atoms with Crippen molar-refractivity contribution in [1.82, 2.24) is 5.32 Å². The van der Waals surface area contributed by atoms with Crippen LogP contribution < -0.4 is 5.32 Å². The van der Waals surface area contributed by atoms with Gasteiger partial charge in [0.05, 0.1) is 0 Å². The Morgan fingerprint density at radius 3 is 2.71 bits per heavy atom. The van der Waals surface area contributed by atoms with Gasteiger partial charge in [-0.3, -0.25) is 4.79 Å². The third kappa shape index (κ3) is 0.778. The summed E-state index contributed by atoms with van der Waals surface area (Å²) in [6.07, 6.45) is 1.93. The Bertz CT molecular complexity index is 119. The zero-order valence-electron chi connectivity index (χ0n) is 3.59. The molecule has 1 unspecified atom stereocenters. The molecule has 1 amide bonds. The first-order valence-electron chi connectivity index (χ1n) is 1.96. The van der Waals surface area contributed by atoms with Crippen molar-refractivity contribution in [3.8, 4) is 0 Å². The molecule has 2 N–H and O–H groups in total. The van der Waals surface area contributed by atoms with E-state index in [-0.39, 0.29) is 5.91 Å². The molecule has 0 saturated heterocycles. The lowest BCUT2D eigenvalue weighted by Gasteiger charge is -1.94. The third-order valence-electron chi connectivity index (χ3n) is 0.720. The van der Waals surface area contributed by atoms with Crippen molar-refractivity contribution in [2.24, 2.45) is 0 Å². The maximum Gasteiger partial charge on any atom is 0.246 e. The van der Waals surface area contributed by atoms with Crippen LogP contribution in [0.2, 0.25) is 0 Å². The first-order chi connectivity index (χ1) is 3.29.